The van der Waals surface area contributed by atoms with Crippen LogP contribution in [0, 0.1) is 20.8 Å². The molecule has 1 aromatic carbocycles. The van der Waals surface area contributed by atoms with Crippen LogP contribution in [0.15, 0.2) is 41.5 Å². The second kappa shape index (κ2) is 5.32. The van der Waals surface area contributed by atoms with Crippen molar-refractivity contribution in [1.29, 1.82) is 0 Å². The first-order valence-electron chi connectivity index (χ1n) is 6.70. The van der Waals surface area contributed by atoms with Crippen LogP contribution in [0.2, 0.25) is 0 Å². The number of aryl methyl sites for hydroxylation is 3. The average Bonchev–Trinajstić information content (AvgIpc) is 3.00. The monoisotopic (exact) mass is 280 g/mol. The van der Waals surface area contributed by atoms with E-state index < -0.39 is 0 Å². The topological polar surface area (TPSA) is 60.9 Å². The van der Waals surface area contributed by atoms with Gasteiger partial charge in [-0.1, -0.05) is 30.3 Å². The summed E-state index contributed by atoms with van der Waals surface area (Å²) in [5.74, 6) is 1.30. The highest BCUT2D eigenvalue weighted by atomic mass is 15.5. The van der Waals surface area contributed by atoms with E-state index in [9.17, 15) is 0 Å². The molecule has 0 fully saturated rings. The van der Waals surface area contributed by atoms with E-state index in [1.54, 1.807) is 15.6 Å². The minimum atomic E-state index is 0.588. The first-order valence-corrected chi connectivity index (χ1v) is 6.70. The van der Waals surface area contributed by atoms with Crippen LogP contribution >= 0.6 is 0 Å². The molecule has 0 radical (unpaired) electrons. The highest BCUT2D eigenvalue weighted by Gasteiger charge is 2.13. The van der Waals surface area contributed by atoms with Gasteiger partial charge in [0.2, 0.25) is 0 Å². The Bertz CT molecular complexity index is 782. The molecule has 0 N–H and O–H groups in total. The molecule has 0 saturated carbocycles. The van der Waals surface area contributed by atoms with Crippen LogP contribution in [0.1, 0.15) is 22.8 Å². The van der Waals surface area contributed by atoms with E-state index in [2.05, 4.69) is 20.4 Å². The van der Waals surface area contributed by atoms with E-state index >= 15 is 0 Å². The van der Waals surface area contributed by atoms with Crippen molar-refractivity contribution in [2.75, 3.05) is 0 Å². The van der Waals surface area contributed by atoms with Crippen molar-refractivity contribution >= 4 is 6.21 Å². The summed E-state index contributed by atoms with van der Waals surface area (Å²) in [7, 11) is 0. The molecular weight excluding hydrogens is 264 g/mol. The number of aromatic nitrogens is 5. The molecule has 3 aromatic rings. The lowest BCUT2D eigenvalue weighted by Crippen LogP contribution is -2.07. The maximum Gasteiger partial charge on any atom is 0.273 e. The van der Waals surface area contributed by atoms with Crippen LogP contribution in [0.4, 0.5) is 0 Å². The molecule has 3 rings (SSSR count). The fraction of sp³-hybridized carbons (Fsp3) is 0.200. The van der Waals surface area contributed by atoms with Crippen molar-refractivity contribution in [3.05, 3.63) is 59.2 Å². The van der Waals surface area contributed by atoms with E-state index in [1.165, 1.54) is 0 Å². The molecular formula is C15H16N6. The van der Waals surface area contributed by atoms with Gasteiger partial charge in [-0.05, 0) is 32.4 Å². The van der Waals surface area contributed by atoms with E-state index in [0.29, 0.717) is 11.8 Å². The molecule has 21 heavy (non-hydrogen) atoms. The fourth-order valence-electron chi connectivity index (χ4n) is 2.11. The Morgan fingerprint density at radius 3 is 2.48 bits per heavy atom. The molecule has 0 bridgehead atoms. The lowest BCUT2D eigenvalue weighted by molar-refractivity contribution is 0.708. The minimum Gasteiger partial charge on any atom is -0.202 e. The molecule has 0 spiro atoms. The van der Waals surface area contributed by atoms with Crippen LogP contribution in [-0.4, -0.2) is 30.9 Å². The molecule has 2 heterocycles. The Kier molecular flexibility index (Phi) is 3.35. The molecule has 0 aliphatic heterocycles. The van der Waals surface area contributed by atoms with Gasteiger partial charge in [0, 0.05) is 5.69 Å². The summed E-state index contributed by atoms with van der Waals surface area (Å²) in [6, 6.07) is 11.9. The van der Waals surface area contributed by atoms with Crippen LogP contribution in [0.3, 0.4) is 0 Å². The zero-order chi connectivity index (χ0) is 14.8. The second-order valence-corrected chi connectivity index (χ2v) is 4.85. The van der Waals surface area contributed by atoms with Gasteiger partial charge in [0.25, 0.3) is 5.95 Å². The average molecular weight is 280 g/mol. The summed E-state index contributed by atoms with van der Waals surface area (Å²) in [5.41, 5.74) is 2.95. The molecule has 0 aliphatic rings. The van der Waals surface area contributed by atoms with Gasteiger partial charge >= 0.3 is 0 Å². The third kappa shape index (κ3) is 2.60. The highest BCUT2D eigenvalue weighted by molar-refractivity contribution is 5.79. The lowest BCUT2D eigenvalue weighted by atomic mass is 10.2. The lowest BCUT2D eigenvalue weighted by Gasteiger charge is -2.03. The predicted octanol–water partition coefficient (Wildman–Crippen LogP) is 2.27. The van der Waals surface area contributed by atoms with Crippen molar-refractivity contribution in [2.24, 2.45) is 5.10 Å². The number of rotatable bonds is 3. The van der Waals surface area contributed by atoms with Crippen molar-refractivity contribution < 1.29 is 0 Å². The third-order valence-corrected chi connectivity index (χ3v) is 3.10. The normalized spacial score (nSPS) is 11.4. The summed E-state index contributed by atoms with van der Waals surface area (Å²) in [6.07, 6.45) is 1.78. The molecule has 0 atom stereocenters. The Balaban J connectivity index is 2.02. The first-order chi connectivity index (χ1) is 10.1. The van der Waals surface area contributed by atoms with E-state index in [0.717, 1.165) is 17.0 Å². The van der Waals surface area contributed by atoms with Crippen LogP contribution < -0.4 is 0 Å². The van der Waals surface area contributed by atoms with E-state index in [1.807, 2.05) is 57.2 Å². The van der Waals surface area contributed by atoms with Gasteiger partial charge in [0.05, 0.1) is 11.9 Å². The maximum atomic E-state index is 4.47. The summed E-state index contributed by atoms with van der Waals surface area (Å²) < 4.78 is 3.43. The third-order valence-electron chi connectivity index (χ3n) is 3.10. The van der Waals surface area contributed by atoms with Crippen LogP contribution in [0.5, 0.6) is 0 Å². The van der Waals surface area contributed by atoms with Gasteiger partial charge < -0.3 is 0 Å². The zero-order valence-electron chi connectivity index (χ0n) is 12.2. The van der Waals surface area contributed by atoms with Crippen molar-refractivity contribution in [1.82, 2.24) is 24.7 Å². The van der Waals surface area contributed by atoms with Crippen LogP contribution in [0.25, 0.3) is 5.95 Å². The Hall–Kier alpha value is -2.76. The van der Waals surface area contributed by atoms with Crippen molar-refractivity contribution in [2.45, 2.75) is 20.8 Å². The van der Waals surface area contributed by atoms with Gasteiger partial charge in [-0.2, -0.15) is 14.9 Å². The number of nitrogens with zero attached hydrogens (tertiary/aromatic N) is 6. The molecule has 6 heteroatoms. The molecule has 0 amide bonds. The quantitative estimate of drug-likeness (QED) is 0.691. The second-order valence-electron chi connectivity index (χ2n) is 4.85. The summed E-state index contributed by atoms with van der Waals surface area (Å²) in [4.78, 5) is 0. The molecule has 6 nitrogen and oxygen atoms in total. The Morgan fingerprint density at radius 2 is 1.81 bits per heavy atom. The largest absolute Gasteiger partial charge is 0.273 e. The highest BCUT2D eigenvalue weighted by Crippen LogP contribution is 2.11. The first kappa shape index (κ1) is 13.2. The number of benzene rings is 1. The molecule has 0 aliphatic carbocycles. The van der Waals surface area contributed by atoms with E-state index in [-0.39, 0.29) is 0 Å². The summed E-state index contributed by atoms with van der Waals surface area (Å²) in [5, 5.41) is 17.2. The molecule has 0 unspecified atom stereocenters. The predicted molar refractivity (Wildman–Crippen MR) is 80.8 cm³/mol. The summed E-state index contributed by atoms with van der Waals surface area (Å²) >= 11 is 0. The minimum absolute atomic E-state index is 0.588. The van der Waals surface area contributed by atoms with Gasteiger partial charge in [-0.3, -0.25) is 0 Å². The summed E-state index contributed by atoms with van der Waals surface area (Å²) in [6.45, 7) is 5.80. The van der Waals surface area contributed by atoms with E-state index in [4.69, 9.17) is 0 Å². The van der Waals surface area contributed by atoms with Gasteiger partial charge in [0.15, 0.2) is 5.82 Å². The zero-order valence-corrected chi connectivity index (χ0v) is 12.2. The molecule has 2 aromatic heterocycles. The SMILES string of the molecule is Cc1cc(C)n(-c2nnc(C)n2/N=C/c2ccccc2)n1. The van der Waals surface area contributed by atoms with Gasteiger partial charge in [0.1, 0.15) is 0 Å². The standard InChI is InChI=1S/C15H16N6/c1-11-9-12(2)20(19-11)15-18-17-13(3)21(15)16-10-14-7-5-4-6-8-14/h4-10H,1-3H3/b16-10+. The number of hydrogen-bond acceptors (Lipinski definition) is 4. The fourth-order valence-corrected chi connectivity index (χ4v) is 2.11. The van der Waals surface area contributed by atoms with Crippen LogP contribution in [-0.2, 0) is 0 Å². The Labute approximate surface area is 122 Å². The molecule has 106 valence electrons. The maximum absolute atomic E-state index is 4.47. The van der Waals surface area contributed by atoms with Crippen molar-refractivity contribution in [3.8, 4) is 5.95 Å². The molecule has 0 saturated heterocycles. The Morgan fingerprint density at radius 1 is 1.05 bits per heavy atom. The number of hydrogen-bond donors (Lipinski definition) is 0. The van der Waals surface area contributed by atoms with Gasteiger partial charge in [-0.25, -0.2) is 4.68 Å². The van der Waals surface area contributed by atoms with Gasteiger partial charge in [-0.15, -0.1) is 10.2 Å². The van der Waals surface area contributed by atoms with Crippen molar-refractivity contribution in [3.63, 3.8) is 0 Å². The smallest absolute Gasteiger partial charge is 0.202 e.